The molecule has 0 unspecified atom stereocenters. The molecule has 0 N–H and O–H groups in total. The molecule has 6 heteroatoms. The zero-order valence-corrected chi connectivity index (χ0v) is 7.69. The maximum atomic E-state index is 4.86. The van der Waals surface area contributed by atoms with Gasteiger partial charge in [-0.15, -0.1) is 0 Å². The Kier molecular flexibility index (Phi) is 2.91. The quantitative estimate of drug-likeness (QED) is 0.541. The van der Waals surface area contributed by atoms with Gasteiger partial charge in [0.25, 0.3) is 0 Å². The first-order chi connectivity index (χ1) is 7.47. The van der Waals surface area contributed by atoms with Crippen molar-refractivity contribution in [3.63, 3.8) is 0 Å². The van der Waals surface area contributed by atoms with Crippen LogP contribution < -0.4 is 0 Å². The molecule has 0 aliphatic heterocycles. The van der Waals surface area contributed by atoms with E-state index in [0.29, 0.717) is 11.2 Å². The summed E-state index contributed by atoms with van der Waals surface area (Å²) in [5.74, 6) is 0. The Labute approximate surface area is 85.1 Å². The van der Waals surface area contributed by atoms with Crippen LogP contribution in [0.3, 0.4) is 0 Å². The van der Waals surface area contributed by atoms with Gasteiger partial charge in [-0.05, 0) is 6.07 Å². The lowest BCUT2D eigenvalue weighted by molar-refractivity contribution is 0.590. The minimum absolute atomic E-state index is 0.532. The Morgan fingerprint density at radius 2 is 1.80 bits per heavy atom. The molecule has 0 atom stereocenters. The average Bonchev–Trinajstić information content (AvgIpc) is 2.80. The summed E-state index contributed by atoms with van der Waals surface area (Å²) in [7, 11) is 0. The summed E-state index contributed by atoms with van der Waals surface area (Å²) < 4.78 is 4.86. The highest BCUT2D eigenvalue weighted by molar-refractivity contribution is 5.64. The van der Waals surface area contributed by atoms with E-state index in [4.69, 9.17) is 4.42 Å². The van der Waals surface area contributed by atoms with Gasteiger partial charge in [-0.3, -0.25) is 0 Å². The van der Waals surface area contributed by atoms with E-state index >= 15 is 0 Å². The van der Waals surface area contributed by atoms with Gasteiger partial charge in [-0.1, -0.05) is 0 Å². The van der Waals surface area contributed by atoms with E-state index in [1.54, 1.807) is 24.7 Å². The molecule has 74 valence electrons. The molecule has 3 rings (SSSR count). The first kappa shape index (κ1) is 9.20. The lowest BCUT2D eigenvalue weighted by Crippen LogP contribution is -1.74. The Hall–Kier alpha value is -2.37. The fourth-order valence-corrected chi connectivity index (χ4v) is 0.877. The highest BCUT2D eigenvalue weighted by Gasteiger charge is 1.94. The second-order valence-corrected chi connectivity index (χ2v) is 2.47. The molecule has 0 fully saturated rings. The monoisotopic (exact) mass is 201 g/mol. The van der Waals surface area contributed by atoms with E-state index in [1.807, 2.05) is 0 Å². The summed E-state index contributed by atoms with van der Waals surface area (Å²) in [6.07, 6.45) is 9.25. The Bertz CT molecular complexity index is 453. The van der Waals surface area contributed by atoms with Crippen LogP contribution in [0.5, 0.6) is 0 Å². The molecule has 6 nitrogen and oxygen atoms in total. The molecule has 0 aromatic carbocycles. The van der Waals surface area contributed by atoms with Gasteiger partial charge in [-0.25, -0.2) is 19.9 Å². The zero-order chi connectivity index (χ0) is 10.3. The molecule has 15 heavy (non-hydrogen) atoms. The van der Waals surface area contributed by atoms with Crippen LogP contribution in [0.4, 0.5) is 0 Å². The summed E-state index contributed by atoms with van der Waals surface area (Å²) in [4.78, 5) is 18.7. The Balaban J connectivity index is 0.000000124. The molecule has 3 heterocycles. The maximum Gasteiger partial charge on any atom is 0.249 e. The van der Waals surface area contributed by atoms with E-state index in [-0.39, 0.29) is 0 Å². The topological polar surface area (TPSA) is 77.6 Å². The Morgan fingerprint density at radius 3 is 2.40 bits per heavy atom. The van der Waals surface area contributed by atoms with Crippen molar-refractivity contribution >= 4 is 11.2 Å². The van der Waals surface area contributed by atoms with Gasteiger partial charge in [0, 0.05) is 12.4 Å². The number of oxazole rings is 1. The van der Waals surface area contributed by atoms with Crippen LogP contribution in [0, 0.1) is 0 Å². The largest absolute Gasteiger partial charge is 0.425 e. The van der Waals surface area contributed by atoms with Crippen molar-refractivity contribution in [2.24, 2.45) is 0 Å². The molecule has 0 amide bonds. The average molecular weight is 201 g/mol. The number of rotatable bonds is 0. The lowest BCUT2D eigenvalue weighted by Gasteiger charge is -1.78. The smallest absolute Gasteiger partial charge is 0.249 e. The number of fused-ring (bicyclic) bond motifs is 1. The second kappa shape index (κ2) is 4.75. The van der Waals surface area contributed by atoms with Crippen LogP contribution in [0.2, 0.25) is 0 Å². The van der Waals surface area contributed by atoms with Gasteiger partial charge in [0.05, 0.1) is 6.20 Å². The van der Waals surface area contributed by atoms with Crippen molar-refractivity contribution in [2.45, 2.75) is 0 Å². The fourth-order valence-electron chi connectivity index (χ4n) is 0.877. The minimum atomic E-state index is 0.532. The molecular formula is C9H7N5O. The molecule has 3 aromatic heterocycles. The van der Waals surface area contributed by atoms with E-state index in [0.717, 1.165) is 0 Å². The third-order valence-corrected chi connectivity index (χ3v) is 1.49. The molecule has 0 bridgehead atoms. The first-order valence-electron chi connectivity index (χ1n) is 4.16. The molecule has 0 aliphatic rings. The van der Waals surface area contributed by atoms with Gasteiger partial charge >= 0.3 is 0 Å². The Morgan fingerprint density at radius 1 is 0.933 bits per heavy atom. The summed E-state index contributed by atoms with van der Waals surface area (Å²) in [6.45, 7) is 0. The van der Waals surface area contributed by atoms with Crippen molar-refractivity contribution in [1.29, 1.82) is 0 Å². The molecule has 0 saturated carbocycles. The van der Waals surface area contributed by atoms with Crippen molar-refractivity contribution < 1.29 is 4.42 Å². The van der Waals surface area contributed by atoms with Gasteiger partial charge in [0.1, 0.15) is 18.2 Å². The predicted octanol–water partition coefficient (Wildman–Crippen LogP) is 1.09. The van der Waals surface area contributed by atoms with E-state index in [9.17, 15) is 0 Å². The fraction of sp³-hybridized carbons (Fsp3) is 0. The van der Waals surface area contributed by atoms with Gasteiger partial charge in [0.15, 0.2) is 6.39 Å². The van der Waals surface area contributed by atoms with Gasteiger partial charge in [-0.2, -0.15) is 4.98 Å². The van der Waals surface area contributed by atoms with E-state index in [2.05, 4.69) is 24.9 Å². The van der Waals surface area contributed by atoms with Crippen LogP contribution >= 0.6 is 0 Å². The third-order valence-electron chi connectivity index (χ3n) is 1.49. The summed E-state index contributed by atoms with van der Waals surface area (Å²) >= 11 is 0. The normalized spacial score (nSPS) is 9.33. The second-order valence-electron chi connectivity index (χ2n) is 2.47. The van der Waals surface area contributed by atoms with Crippen molar-refractivity contribution in [2.75, 3.05) is 0 Å². The van der Waals surface area contributed by atoms with Crippen LogP contribution in [0.25, 0.3) is 11.2 Å². The summed E-state index contributed by atoms with van der Waals surface area (Å²) in [5, 5.41) is 0. The minimum Gasteiger partial charge on any atom is -0.425 e. The molecule has 0 radical (unpaired) electrons. The van der Waals surface area contributed by atoms with Crippen LogP contribution in [0.15, 0.2) is 48.1 Å². The molecule has 0 aliphatic carbocycles. The zero-order valence-electron chi connectivity index (χ0n) is 7.69. The van der Waals surface area contributed by atoms with Crippen molar-refractivity contribution in [3.8, 4) is 0 Å². The first-order valence-corrected chi connectivity index (χ1v) is 4.16. The van der Waals surface area contributed by atoms with Crippen molar-refractivity contribution in [1.82, 2.24) is 24.9 Å². The summed E-state index contributed by atoms with van der Waals surface area (Å²) in [5.41, 5.74) is 1.22. The van der Waals surface area contributed by atoms with Crippen LogP contribution in [-0.4, -0.2) is 24.9 Å². The third kappa shape index (κ3) is 2.53. The molecule has 0 spiro atoms. The SMILES string of the molecule is c1cncnc1.c1ncc2ncoc2n1. The highest BCUT2D eigenvalue weighted by atomic mass is 16.3. The van der Waals surface area contributed by atoms with Crippen LogP contribution in [0.1, 0.15) is 0 Å². The van der Waals surface area contributed by atoms with Crippen molar-refractivity contribution in [3.05, 3.63) is 43.7 Å². The number of aromatic nitrogens is 5. The highest BCUT2D eigenvalue weighted by Crippen LogP contribution is 2.03. The molecular weight excluding hydrogens is 194 g/mol. The lowest BCUT2D eigenvalue weighted by atomic mass is 10.6. The van der Waals surface area contributed by atoms with Crippen LogP contribution in [-0.2, 0) is 0 Å². The van der Waals surface area contributed by atoms with Gasteiger partial charge in [0.2, 0.25) is 5.71 Å². The number of hydrogen-bond donors (Lipinski definition) is 0. The predicted molar refractivity (Wildman–Crippen MR) is 51.6 cm³/mol. The van der Waals surface area contributed by atoms with E-state index < -0.39 is 0 Å². The van der Waals surface area contributed by atoms with Gasteiger partial charge < -0.3 is 4.42 Å². The summed E-state index contributed by atoms with van der Waals surface area (Å²) in [6, 6.07) is 1.78. The maximum absolute atomic E-state index is 4.86. The molecule has 0 saturated heterocycles. The standard InChI is InChI=1S/C5H3N3O.C4H4N2/c1-4-5(7-2-6-1)9-3-8-4;1-2-5-4-6-3-1/h1-3H;1-4H. The van der Waals surface area contributed by atoms with E-state index in [1.165, 1.54) is 19.0 Å². The molecule has 3 aromatic rings. The number of nitrogens with zero attached hydrogens (tertiary/aromatic N) is 5. The number of hydrogen-bond acceptors (Lipinski definition) is 6.